The molecule has 0 unspecified atom stereocenters. The third-order valence-corrected chi connectivity index (χ3v) is 4.35. The molecule has 2 heterocycles. The summed E-state index contributed by atoms with van der Waals surface area (Å²) in [5.41, 5.74) is 0.938. The largest absolute Gasteiger partial charge is 0.360 e. The Kier molecular flexibility index (Phi) is 5.14. The first-order valence-corrected chi connectivity index (χ1v) is 8.43. The molecule has 1 aromatic heterocycles. The lowest BCUT2D eigenvalue weighted by molar-refractivity contribution is 0.0643. The number of amides is 2. The summed E-state index contributed by atoms with van der Waals surface area (Å²) in [6.45, 7) is 8.06. The van der Waals surface area contributed by atoms with Gasteiger partial charge in [-0.15, -0.1) is 0 Å². The highest BCUT2D eigenvalue weighted by atomic mass is 16.5. The maximum Gasteiger partial charge on any atom is 0.256 e. The van der Waals surface area contributed by atoms with Crippen molar-refractivity contribution >= 4 is 17.6 Å². The fourth-order valence-corrected chi connectivity index (χ4v) is 2.86. The Balaban J connectivity index is 1.68. The van der Waals surface area contributed by atoms with Gasteiger partial charge in [0.05, 0.1) is 0 Å². The summed E-state index contributed by atoms with van der Waals surface area (Å²) in [7, 11) is 0. The van der Waals surface area contributed by atoms with Crippen molar-refractivity contribution in [2.45, 2.75) is 13.8 Å². The lowest BCUT2D eigenvalue weighted by atomic mass is 10.1. The van der Waals surface area contributed by atoms with E-state index >= 15 is 0 Å². The number of aryl methyl sites for hydroxylation is 1. The fourth-order valence-electron chi connectivity index (χ4n) is 2.86. The molecule has 0 radical (unpaired) electrons. The summed E-state index contributed by atoms with van der Waals surface area (Å²) in [4.78, 5) is 29.2. The molecule has 0 aliphatic carbocycles. The van der Waals surface area contributed by atoms with E-state index in [0.29, 0.717) is 35.8 Å². The fraction of sp³-hybridized carbons (Fsp3) is 0.389. The average molecular weight is 342 g/mol. The van der Waals surface area contributed by atoms with Crippen LogP contribution in [0.25, 0.3) is 0 Å². The van der Waals surface area contributed by atoms with Crippen LogP contribution in [0.5, 0.6) is 0 Å². The molecular weight excluding hydrogens is 320 g/mol. The molecule has 132 valence electrons. The van der Waals surface area contributed by atoms with E-state index < -0.39 is 0 Å². The molecule has 7 heteroatoms. The number of hydrogen-bond donors (Lipinski definition) is 1. The molecule has 0 bridgehead atoms. The van der Waals surface area contributed by atoms with Crippen molar-refractivity contribution in [1.29, 1.82) is 0 Å². The first-order valence-electron chi connectivity index (χ1n) is 8.43. The lowest BCUT2D eigenvalue weighted by Gasteiger charge is -2.34. The second-order valence-electron chi connectivity index (χ2n) is 6.08. The molecule has 3 rings (SSSR count). The summed E-state index contributed by atoms with van der Waals surface area (Å²) < 4.78 is 4.93. The Morgan fingerprint density at radius 1 is 1.16 bits per heavy atom. The molecule has 0 atom stereocenters. The van der Waals surface area contributed by atoms with Crippen molar-refractivity contribution in [3.63, 3.8) is 0 Å². The van der Waals surface area contributed by atoms with Gasteiger partial charge in [0.1, 0.15) is 5.76 Å². The van der Waals surface area contributed by atoms with Gasteiger partial charge >= 0.3 is 0 Å². The summed E-state index contributed by atoms with van der Waals surface area (Å²) in [5.74, 6) is 0.613. The molecule has 2 amide bonds. The number of aromatic nitrogens is 1. The van der Waals surface area contributed by atoms with Crippen molar-refractivity contribution in [3.8, 4) is 0 Å². The predicted octanol–water partition coefficient (Wildman–Crippen LogP) is 2.01. The highest BCUT2D eigenvalue weighted by Crippen LogP contribution is 2.13. The van der Waals surface area contributed by atoms with Gasteiger partial charge in [-0.2, -0.15) is 0 Å². The van der Waals surface area contributed by atoms with Crippen LogP contribution in [0.1, 0.15) is 33.4 Å². The number of carbonyl (C=O) groups excluding carboxylic acids is 2. The van der Waals surface area contributed by atoms with E-state index in [9.17, 15) is 9.59 Å². The molecule has 1 saturated heterocycles. The van der Waals surface area contributed by atoms with E-state index in [0.717, 1.165) is 19.6 Å². The van der Waals surface area contributed by atoms with Crippen molar-refractivity contribution in [2.75, 3.05) is 38.0 Å². The minimum atomic E-state index is -0.321. The van der Waals surface area contributed by atoms with Crippen LogP contribution in [-0.4, -0.2) is 59.5 Å². The first-order chi connectivity index (χ1) is 12.1. The highest BCUT2D eigenvalue weighted by Gasteiger charge is 2.22. The third kappa shape index (κ3) is 4.06. The van der Waals surface area contributed by atoms with Crippen LogP contribution < -0.4 is 5.32 Å². The number of nitrogens with one attached hydrogen (secondary N) is 1. The molecule has 1 aromatic carbocycles. The smallest absolute Gasteiger partial charge is 0.256 e. The van der Waals surface area contributed by atoms with E-state index in [1.807, 2.05) is 4.90 Å². The summed E-state index contributed by atoms with van der Waals surface area (Å²) in [6.07, 6.45) is 0. The first kappa shape index (κ1) is 17.2. The number of rotatable bonds is 4. The van der Waals surface area contributed by atoms with Gasteiger partial charge in [0.25, 0.3) is 11.8 Å². The average Bonchev–Trinajstić information content (AvgIpc) is 3.06. The van der Waals surface area contributed by atoms with E-state index in [4.69, 9.17) is 4.52 Å². The molecule has 1 aliphatic heterocycles. The van der Waals surface area contributed by atoms with Crippen LogP contribution in [0.4, 0.5) is 5.82 Å². The van der Waals surface area contributed by atoms with Crippen LogP contribution in [0.2, 0.25) is 0 Å². The zero-order valence-corrected chi connectivity index (χ0v) is 14.5. The van der Waals surface area contributed by atoms with Crippen LogP contribution in [0, 0.1) is 6.92 Å². The molecular formula is C18H22N4O3. The van der Waals surface area contributed by atoms with Gasteiger partial charge in [-0.3, -0.25) is 9.59 Å². The Bertz CT molecular complexity index is 763. The number of nitrogens with zero attached hydrogens (tertiary/aromatic N) is 3. The van der Waals surface area contributed by atoms with Gasteiger partial charge in [0, 0.05) is 43.4 Å². The van der Waals surface area contributed by atoms with Crippen LogP contribution in [0.3, 0.4) is 0 Å². The Labute approximate surface area is 146 Å². The molecule has 0 saturated carbocycles. The van der Waals surface area contributed by atoms with Gasteiger partial charge in [-0.25, -0.2) is 0 Å². The summed E-state index contributed by atoms with van der Waals surface area (Å²) in [6, 6.07) is 8.40. The van der Waals surface area contributed by atoms with Crippen LogP contribution >= 0.6 is 0 Å². The van der Waals surface area contributed by atoms with Gasteiger partial charge in [-0.1, -0.05) is 18.1 Å². The Morgan fingerprint density at radius 3 is 2.52 bits per heavy atom. The molecule has 1 aliphatic rings. The monoisotopic (exact) mass is 342 g/mol. The number of piperazine rings is 1. The maximum absolute atomic E-state index is 12.7. The Morgan fingerprint density at radius 2 is 1.88 bits per heavy atom. The molecule has 1 fully saturated rings. The molecule has 25 heavy (non-hydrogen) atoms. The van der Waals surface area contributed by atoms with E-state index in [-0.39, 0.29) is 11.8 Å². The molecule has 2 aromatic rings. The SMILES string of the molecule is CCN1CCN(C(=O)c2cccc(C(=O)Nc3cc(C)on3)c2)CC1. The maximum atomic E-state index is 12.7. The molecule has 0 spiro atoms. The molecule has 7 nitrogen and oxygen atoms in total. The number of benzene rings is 1. The van der Waals surface area contributed by atoms with E-state index in [1.165, 1.54) is 0 Å². The van der Waals surface area contributed by atoms with Gasteiger partial charge in [-0.05, 0) is 31.7 Å². The van der Waals surface area contributed by atoms with E-state index in [2.05, 4.69) is 22.3 Å². The van der Waals surface area contributed by atoms with Crippen molar-refractivity contribution in [2.24, 2.45) is 0 Å². The van der Waals surface area contributed by atoms with Gasteiger partial charge in [0.15, 0.2) is 5.82 Å². The van der Waals surface area contributed by atoms with Crippen LogP contribution in [-0.2, 0) is 0 Å². The quantitative estimate of drug-likeness (QED) is 0.919. The number of likely N-dealkylation sites (N-methyl/N-ethyl adjacent to an activating group) is 1. The standard InChI is InChI=1S/C18H22N4O3/c1-3-21-7-9-22(10-8-21)18(24)15-6-4-5-14(12-15)17(23)19-16-11-13(2)25-20-16/h4-6,11-12H,3,7-10H2,1-2H3,(H,19,20,23). The number of anilines is 1. The minimum Gasteiger partial charge on any atom is -0.360 e. The van der Waals surface area contributed by atoms with Crippen molar-refractivity contribution in [3.05, 3.63) is 47.2 Å². The Hall–Kier alpha value is -2.67. The van der Waals surface area contributed by atoms with Crippen molar-refractivity contribution < 1.29 is 14.1 Å². The normalized spacial score (nSPS) is 15.2. The zero-order valence-electron chi connectivity index (χ0n) is 14.5. The molecule has 1 N–H and O–H groups in total. The summed E-state index contributed by atoms with van der Waals surface area (Å²) >= 11 is 0. The lowest BCUT2D eigenvalue weighted by Crippen LogP contribution is -2.48. The van der Waals surface area contributed by atoms with Crippen molar-refractivity contribution in [1.82, 2.24) is 15.0 Å². The van der Waals surface area contributed by atoms with Gasteiger partial charge in [0.2, 0.25) is 0 Å². The predicted molar refractivity (Wildman–Crippen MR) is 93.7 cm³/mol. The van der Waals surface area contributed by atoms with Gasteiger partial charge < -0.3 is 19.6 Å². The van der Waals surface area contributed by atoms with Crippen LogP contribution in [0.15, 0.2) is 34.9 Å². The third-order valence-electron chi connectivity index (χ3n) is 4.35. The topological polar surface area (TPSA) is 78.7 Å². The minimum absolute atomic E-state index is 0.0392. The number of hydrogen-bond acceptors (Lipinski definition) is 5. The van der Waals surface area contributed by atoms with E-state index in [1.54, 1.807) is 37.3 Å². The highest BCUT2D eigenvalue weighted by molar-refractivity contribution is 6.05. The number of carbonyl (C=O) groups is 2. The second kappa shape index (κ2) is 7.48. The second-order valence-corrected chi connectivity index (χ2v) is 6.08. The summed E-state index contributed by atoms with van der Waals surface area (Å²) in [5, 5.41) is 6.40. The zero-order chi connectivity index (χ0) is 17.8.